The molecule has 1 aromatic heterocycles. The Morgan fingerprint density at radius 3 is 3.04 bits per heavy atom. The largest absolute Gasteiger partial charge is 0.491 e. The predicted octanol–water partition coefficient (Wildman–Crippen LogP) is 1.55. The number of carbonyl (C=O) groups excluding carboxylic acids is 1. The maximum absolute atomic E-state index is 11.9. The van der Waals surface area contributed by atoms with Crippen molar-refractivity contribution in [3.63, 3.8) is 0 Å². The van der Waals surface area contributed by atoms with Crippen molar-refractivity contribution in [2.75, 3.05) is 20.3 Å². The molecular formula is C19H26N4O3. The Balaban J connectivity index is 1.62. The fourth-order valence-corrected chi connectivity index (χ4v) is 3.17. The zero-order chi connectivity index (χ0) is 18.4. The van der Waals surface area contributed by atoms with E-state index in [1.807, 2.05) is 37.6 Å². The number of aromatic nitrogens is 2. The summed E-state index contributed by atoms with van der Waals surface area (Å²) in [6.45, 7) is 1.81. The van der Waals surface area contributed by atoms with Gasteiger partial charge in [0.25, 0.3) is 0 Å². The van der Waals surface area contributed by atoms with E-state index >= 15 is 0 Å². The standard InChI is InChI=1S/C19H26N4O3/c1-23-13-15(12-21-23)19-17(6-7-18(24)22-19)20-11-14-4-3-5-16(10-14)26-9-8-25-2/h3-5,10,12-13,17,19-20H,6-9,11H2,1-2H3,(H,22,24)/t17-,19+/m1/s1. The number of carbonyl (C=O) groups is 1. The molecule has 3 rings (SSSR count). The summed E-state index contributed by atoms with van der Waals surface area (Å²) < 4.78 is 12.4. The van der Waals surface area contributed by atoms with Crippen molar-refractivity contribution >= 4 is 5.91 Å². The first-order valence-electron chi connectivity index (χ1n) is 8.87. The van der Waals surface area contributed by atoms with Crippen LogP contribution in [0.3, 0.4) is 0 Å². The zero-order valence-electron chi connectivity index (χ0n) is 15.3. The minimum atomic E-state index is -0.0638. The Labute approximate surface area is 153 Å². The second-order valence-corrected chi connectivity index (χ2v) is 6.51. The van der Waals surface area contributed by atoms with Crippen molar-refractivity contribution in [2.24, 2.45) is 7.05 Å². The van der Waals surface area contributed by atoms with E-state index < -0.39 is 0 Å². The van der Waals surface area contributed by atoms with E-state index in [0.717, 1.165) is 23.3 Å². The van der Waals surface area contributed by atoms with Crippen LogP contribution >= 0.6 is 0 Å². The van der Waals surface area contributed by atoms with Crippen LogP contribution < -0.4 is 15.4 Å². The quantitative estimate of drug-likeness (QED) is 0.700. The van der Waals surface area contributed by atoms with Gasteiger partial charge in [0.05, 0.1) is 18.8 Å². The topological polar surface area (TPSA) is 77.4 Å². The summed E-state index contributed by atoms with van der Waals surface area (Å²) in [6.07, 6.45) is 5.11. The van der Waals surface area contributed by atoms with Gasteiger partial charge in [-0.05, 0) is 24.1 Å². The van der Waals surface area contributed by atoms with Crippen LogP contribution in [0.2, 0.25) is 0 Å². The van der Waals surface area contributed by atoms with Gasteiger partial charge in [-0.2, -0.15) is 5.10 Å². The first-order valence-corrected chi connectivity index (χ1v) is 8.87. The Hall–Kier alpha value is -2.38. The first-order chi connectivity index (χ1) is 12.7. The number of piperidine rings is 1. The molecule has 7 nitrogen and oxygen atoms in total. The van der Waals surface area contributed by atoms with Crippen molar-refractivity contribution in [3.8, 4) is 5.75 Å². The minimum Gasteiger partial charge on any atom is -0.491 e. The smallest absolute Gasteiger partial charge is 0.220 e. The number of ether oxygens (including phenoxy) is 2. The first kappa shape index (κ1) is 18.4. The highest BCUT2D eigenvalue weighted by Gasteiger charge is 2.30. The van der Waals surface area contributed by atoms with E-state index in [-0.39, 0.29) is 18.0 Å². The van der Waals surface area contributed by atoms with Crippen molar-refractivity contribution in [3.05, 3.63) is 47.8 Å². The van der Waals surface area contributed by atoms with E-state index in [2.05, 4.69) is 21.8 Å². The van der Waals surface area contributed by atoms with E-state index in [9.17, 15) is 4.79 Å². The number of hydrogen-bond acceptors (Lipinski definition) is 5. The second kappa shape index (κ2) is 8.82. The van der Waals surface area contributed by atoms with Crippen LogP contribution in [0.4, 0.5) is 0 Å². The van der Waals surface area contributed by atoms with Crippen LogP contribution in [-0.2, 0) is 23.1 Å². The van der Waals surface area contributed by atoms with Crippen LogP contribution in [0.5, 0.6) is 5.75 Å². The van der Waals surface area contributed by atoms with E-state index in [1.54, 1.807) is 11.8 Å². The second-order valence-electron chi connectivity index (χ2n) is 6.51. The van der Waals surface area contributed by atoms with Crippen LogP contribution in [-0.4, -0.2) is 42.1 Å². The van der Waals surface area contributed by atoms with Gasteiger partial charge in [-0.15, -0.1) is 0 Å². The summed E-state index contributed by atoms with van der Waals surface area (Å²) in [5.74, 6) is 0.924. The summed E-state index contributed by atoms with van der Waals surface area (Å²) in [7, 11) is 3.54. The summed E-state index contributed by atoms with van der Waals surface area (Å²) in [4.78, 5) is 11.9. The highest BCUT2D eigenvalue weighted by molar-refractivity contribution is 5.77. The Bertz CT molecular complexity index is 731. The highest BCUT2D eigenvalue weighted by Crippen LogP contribution is 2.24. The molecule has 2 atom stereocenters. The normalized spacial score (nSPS) is 20.0. The van der Waals surface area contributed by atoms with Gasteiger partial charge in [-0.1, -0.05) is 12.1 Å². The molecule has 1 saturated heterocycles. The number of benzene rings is 1. The lowest BCUT2D eigenvalue weighted by Gasteiger charge is -2.32. The molecule has 1 aliphatic rings. The Morgan fingerprint density at radius 1 is 1.38 bits per heavy atom. The van der Waals surface area contributed by atoms with Crippen LogP contribution in [0.1, 0.15) is 30.0 Å². The molecule has 1 aliphatic heterocycles. The minimum absolute atomic E-state index is 0.0638. The highest BCUT2D eigenvalue weighted by atomic mass is 16.5. The van der Waals surface area contributed by atoms with Gasteiger partial charge in [0.2, 0.25) is 5.91 Å². The molecule has 140 valence electrons. The molecule has 0 unspecified atom stereocenters. The summed E-state index contributed by atoms with van der Waals surface area (Å²) in [6, 6.07) is 8.12. The number of aryl methyl sites for hydroxylation is 1. The predicted molar refractivity (Wildman–Crippen MR) is 97.8 cm³/mol. The van der Waals surface area contributed by atoms with Gasteiger partial charge >= 0.3 is 0 Å². The summed E-state index contributed by atoms with van der Waals surface area (Å²) in [5, 5.41) is 10.9. The maximum Gasteiger partial charge on any atom is 0.220 e. The summed E-state index contributed by atoms with van der Waals surface area (Å²) >= 11 is 0. The van der Waals surface area contributed by atoms with Crippen LogP contribution in [0.15, 0.2) is 36.7 Å². The summed E-state index contributed by atoms with van der Waals surface area (Å²) in [5.41, 5.74) is 2.16. The number of nitrogens with zero attached hydrogens (tertiary/aromatic N) is 2. The Morgan fingerprint density at radius 2 is 2.27 bits per heavy atom. The molecule has 1 amide bonds. The lowest BCUT2D eigenvalue weighted by Crippen LogP contribution is -2.48. The van der Waals surface area contributed by atoms with E-state index in [4.69, 9.17) is 9.47 Å². The van der Waals surface area contributed by atoms with Gasteiger partial charge in [0, 0.05) is 44.9 Å². The lowest BCUT2D eigenvalue weighted by atomic mass is 9.93. The molecule has 0 radical (unpaired) electrons. The zero-order valence-corrected chi connectivity index (χ0v) is 15.3. The molecule has 0 spiro atoms. The number of amides is 1. The number of hydrogen-bond donors (Lipinski definition) is 2. The number of nitrogens with one attached hydrogen (secondary N) is 2. The van der Waals surface area contributed by atoms with Gasteiger partial charge in [-0.3, -0.25) is 9.48 Å². The molecule has 1 aromatic carbocycles. The molecule has 0 saturated carbocycles. The molecular weight excluding hydrogens is 332 g/mol. The van der Waals surface area contributed by atoms with Crippen molar-refractivity contribution in [1.29, 1.82) is 0 Å². The van der Waals surface area contributed by atoms with Crippen LogP contribution in [0, 0.1) is 0 Å². The van der Waals surface area contributed by atoms with E-state index in [0.29, 0.717) is 26.2 Å². The molecule has 26 heavy (non-hydrogen) atoms. The van der Waals surface area contributed by atoms with Crippen molar-refractivity contribution in [1.82, 2.24) is 20.4 Å². The lowest BCUT2D eigenvalue weighted by molar-refractivity contribution is -0.123. The third-order valence-electron chi connectivity index (χ3n) is 4.51. The van der Waals surface area contributed by atoms with Crippen LogP contribution in [0.25, 0.3) is 0 Å². The maximum atomic E-state index is 11.9. The molecule has 0 aliphatic carbocycles. The van der Waals surface area contributed by atoms with Crippen molar-refractivity contribution < 1.29 is 14.3 Å². The molecule has 2 aromatic rings. The van der Waals surface area contributed by atoms with Gasteiger partial charge in [-0.25, -0.2) is 0 Å². The molecule has 7 heteroatoms. The SMILES string of the molecule is COCCOc1cccc(CN[C@@H]2CCC(=O)N[C@H]2c2cnn(C)c2)c1. The number of methoxy groups -OCH3 is 1. The Kier molecular flexibility index (Phi) is 6.25. The fraction of sp³-hybridized carbons (Fsp3) is 0.474. The van der Waals surface area contributed by atoms with Gasteiger partial charge in [0.1, 0.15) is 12.4 Å². The van der Waals surface area contributed by atoms with Crippen molar-refractivity contribution in [2.45, 2.75) is 31.5 Å². The molecule has 0 bridgehead atoms. The average molecular weight is 358 g/mol. The fourth-order valence-electron chi connectivity index (χ4n) is 3.17. The molecule has 2 N–H and O–H groups in total. The third kappa shape index (κ3) is 4.83. The van der Waals surface area contributed by atoms with E-state index in [1.165, 1.54) is 0 Å². The monoisotopic (exact) mass is 358 g/mol. The average Bonchev–Trinajstić information content (AvgIpc) is 3.07. The van der Waals surface area contributed by atoms with Gasteiger partial charge < -0.3 is 20.1 Å². The number of rotatable bonds is 8. The molecule has 1 fully saturated rings. The molecule has 2 heterocycles. The third-order valence-corrected chi connectivity index (χ3v) is 4.51. The van der Waals surface area contributed by atoms with Gasteiger partial charge in [0.15, 0.2) is 0 Å².